The summed E-state index contributed by atoms with van der Waals surface area (Å²) < 4.78 is 0. The molecule has 0 fully saturated rings. The number of rotatable bonds is 2. The van der Waals surface area contributed by atoms with Crippen LogP contribution < -0.4 is 34.0 Å². The van der Waals surface area contributed by atoms with Gasteiger partial charge in [0.2, 0.25) is 0 Å². The van der Waals surface area contributed by atoms with E-state index in [9.17, 15) is 0 Å². The molecule has 0 atom stereocenters. The van der Waals surface area contributed by atoms with E-state index in [1.165, 1.54) is 11.1 Å². The Labute approximate surface area is 174 Å². The van der Waals surface area contributed by atoms with Gasteiger partial charge in [0, 0.05) is 0 Å². The minimum Gasteiger partial charge on any atom is -1.00 e. The molecule has 0 aromatic heterocycles. The smallest absolute Gasteiger partial charge is 1.00 e. The third kappa shape index (κ3) is 15.9. The molecule has 2 aliphatic rings. The van der Waals surface area contributed by atoms with Crippen molar-refractivity contribution in [1.82, 2.24) is 0 Å². The summed E-state index contributed by atoms with van der Waals surface area (Å²) in [6.07, 6.45) is 17.2. The molecule has 2 aliphatic carbocycles. The van der Waals surface area contributed by atoms with Crippen LogP contribution in [0.5, 0.6) is 0 Å². The van der Waals surface area contributed by atoms with Gasteiger partial charge in [-0.15, -0.1) is 12.8 Å². The normalized spacial score (nSPS) is 14.1. The van der Waals surface area contributed by atoms with Gasteiger partial charge in [0.1, 0.15) is 0 Å². The molecule has 0 N–H and O–H groups in total. The zero-order valence-corrected chi connectivity index (χ0v) is 21.3. The molecule has 0 aromatic carbocycles. The Morgan fingerprint density at radius 3 is 1.23 bits per heavy atom. The standard InChI is InChI=1S/2C8H11.C2H6Si.2BrH.Zr/c2*1-7(2)8-5-3-4-6-8;1-3-2;;;/h2*3,5,7H,4H2,1-2H3;1-2H3;2*1H;/q2*-1;;;;+2/p-2. The van der Waals surface area contributed by atoms with Gasteiger partial charge in [-0.05, 0) is 0 Å². The van der Waals surface area contributed by atoms with Crippen molar-refractivity contribution in [2.45, 2.75) is 53.6 Å². The molecule has 124 valence electrons. The SMILES string of the molecule is CC(C)C1=[C-]CC=C1.CC(C)C1=[C-]CC=C1.C[Si](C)=[Zr+2].[Br-].[Br-]. The zero-order chi connectivity index (χ0) is 15.5. The molecule has 0 amide bonds. The number of hydrogen-bond donors (Lipinski definition) is 0. The van der Waals surface area contributed by atoms with Crippen LogP contribution in [0.3, 0.4) is 0 Å². The molecule has 0 nitrogen and oxygen atoms in total. The van der Waals surface area contributed by atoms with Crippen molar-refractivity contribution in [1.29, 1.82) is 0 Å². The summed E-state index contributed by atoms with van der Waals surface area (Å²) in [4.78, 5) is 0. The van der Waals surface area contributed by atoms with Crippen molar-refractivity contribution in [2.75, 3.05) is 0 Å². The summed E-state index contributed by atoms with van der Waals surface area (Å²) in [5.41, 5.74) is 2.94. The van der Waals surface area contributed by atoms with Crippen molar-refractivity contribution < 1.29 is 57.3 Å². The Kier molecular flexibility index (Phi) is 21.3. The molecule has 0 spiro atoms. The van der Waals surface area contributed by atoms with Crippen LogP contribution in [-0.2, 0) is 23.3 Å². The van der Waals surface area contributed by atoms with E-state index in [1.54, 1.807) is 23.3 Å². The van der Waals surface area contributed by atoms with Gasteiger partial charge in [-0.25, -0.2) is 23.3 Å². The maximum Gasteiger partial charge on any atom is -1.00 e. The second-order valence-electron chi connectivity index (χ2n) is 5.79. The molecule has 0 aromatic rings. The maximum atomic E-state index is 3.26. The van der Waals surface area contributed by atoms with E-state index in [2.05, 4.69) is 77.2 Å². The summed E-state index contributed by atoms with van der Waals surface area (Å²) in [6, 6.07) is 0. The molecule has 4 heteroatoms. The third-order valence-corrected chi connectivity index (χ3v) is 2.69. The summed E-state index contributed by atoms with van der Waals surface area (Å²) in [5, 5.41) is 0. The molecule has 0 saturated carbocycles. The molecule has 0 saturated heterocycles. The Balaban J connectivity index is -0.000000249. The summed E-state index contributed by atoms with van der Waals surface area (Å²) >= 11 is 1.74. The van der Waals surface area contributed by atoms with Crippen LogP contribution >= 0.6 is 0 Å². The van der Waals surface area contributed by atoms with Crippen LogP contribution in [-0.4, -0.2) is 5.43 Å². The quantitative estimate of drug-likeness (QED) is 0.337. The van der Waals surface area contributed by atoms with Crippen molar-refractivity contribution in [3.8, 4) is 0 Å². The van der Waals surface area contributed by atoms with E-state index in [4.69, 9.17) is 0 Å². The van der Waals surface area contributed by atoms with Gasteiger partial charge in [0.15, 0.2) is 0 Å². The van der Waals surface area contributed by atoms with Gasteiger partial charge in [-0.2, -0.15) is 12.2 Å². The molecule has 22 heavy (non-hydrogen) atoms. The fourth-order valence-electron chi connectivity index (χ4n) is 1.64. The van der Waals surface area contributed by atoms with Gasteiger partial charge in [0.25, 0.3) is 0 Å². The van der Waals surface area contributed by atoms with Crippen LogP contribution in [0.2, 0.25) is 13.1 Å². The first-order valence-corrected chi connectivity index (χ1v) is 13.6. The monoisotopic (exact) mass is 520 g/mol. The van der Waals surface area contributed by atoms with Crippen molar-refractivity contribution in [2.24, 2.45) is 11.8 Å². The largest absolute Gasteiger partial charge is 1.00 e. The molecule has 2 rings (SSSR count). The minimum absolute atomic E-state index is 0. The zero-order valence-electron chi connectivity index (χ0n) is 14.6. The molecular weight excluding hydrogens is 495 g/mol. The van der Waals surface area contributed by atoms with Crippen LogP contribution in [0.1, 0.15) is 40.5 Å². The molecule has 0 heterocycles. The molecule has 0 radical (unpaired) electrons. The molecular formula is C18H28Br2SiZr-2. The Bertz CT molecular complexity index is 381. The summed E-state index contributed by atoms with van der Waals surface area (Å²) in [6.45, 7) is 13.4. The number of halogens is 2. The first kappa shape index (κ1) is 27.8. The Morgan fingerprint density at radius 1 is 0.864 bits per heavy atom. The van der Waals surface area contributed by atoms with E-state index < -0.39 is 0 Å². The van der Waals surface area contributed by atoms with Crippen molar-refractivity contribution in [3.05, 3.63) is 47.6 Å². The average molecular weight is 524 g/mol. The van der Waals surface area contributed by atoms with E-state index in [1.807, 2.05) is 0 Å². The fraction of sp³-hybridized carbons (Fsp3) is 0.556. The van der Waals surface area contributed by atoms with Gasteiger partial charge in [-0.1, -0.05) is 39.5 Å². The first-order chi connectivity index (χ1) is 9.34. The molecule has 0 aliphatic heterocycles. The number of hydrogen-bond acceptors (Lipinski definition) is 0. The van der Waals surface area contributed by atoms with Gasteiger partial charge < -0.3 is 34.0 Å². The van der Waals surface area contributed by atoms with Gasteiger partial charge in [-0.3, -0.25) is 12.2 Å². The Hall–Kier alpha value is 1.02. The molecule has 0 unspecified atom stereocenters. The minimum atomic E-state index is 0. The summed E-state index contributed by atoms with van der Waals surface area (Å²) in [7, 11) is 0. The van der Waals surface area contributed by atoms with Crippen LogP contribution in [0.15, 0.2) is 35.5 Å². The second-order valence-corrected chi connectivity index (χ2v) is 15.2. The van der Waals surface area contributed by atoms with Crippen molar-refractivity contribution in [3.63, 3.8) is 0 Å². The average Bonchev–Trinajstić information content (AvgIpc) is 3.03. The first-order valence-electron chi connectivity index (χ1n) is 7.40. The summed E-state index contributed by atoms with van der Waals surface area (Å²) in [5.74, 6) is 1.32. The predicted molar refractivity (Wildman–Crippen MR) is 88.2 cm³/mol. The topological polar surface area (TPSA) is 0 Å². The maximum absolute atomic E-state index is 3.26. The third-order valence-electron chi connectivity index (χ3n) is 2.69. The predicted octanol–water partition coefficient (Wildman–Crippen LogP) is -0.544. The van der Waals surface area contributed by atoms with E-state index in [-0.39, 0.29) is 39.4 Å². The molecule has 0 bridgehead atoms. The van der Waals surface area contributed by atoms with Crippen LogP contribution in [0.4, 0.5) is 0 Å². The number of allylic oxidation sites excluding steroid dienone is 8. The van der Waals surface area contributed by atoms with E-state index in [0.29, 0.717) is 11.8 Å². The van der Waals surface area contributed by atoms with E-state index >= 15 is 0 Å². The Morgan fingerprint density at radius 2 is 1.14 bits per heavy atom. The van der Waals surface area contributed by atoms with Gasteiger partial charge in [0.05, 0.1) is 0 Å². The van der Waals surface area contributed by atoms with Crippen molar-refractivity contribution >= 4 is 5.43 Å². The fourth-order valence-corrected chi connectivity index (χ4v) is 1.64. The van der Waals surface area contributed by atoms with Crippen LogP contribution in [0, 0.1) is 24.0 Å². The van der Waals surface area contributed by atoms with Gasteiger partial charge >= 0.3 is 41.9 Å². The van der Waals surface area contributed by atoms with Crippen LogP contribution in [0.25, 0.3) is 0 Å². The second kappa shape index (κ2) is 16.9. The van der Waals surface area contributed by atoms with E-state index in [0.717, 1.165) is 12.8 Å².